The number of benzene rings is 1. The van der Waals surface area contributed by atoms with Gasteiger partial charge in [-0.25, -0.2) is 19.0 Å². The third kappa shape index (κ3) is 15.1. The van der Waals surface area contributed by atoms with Gasteiger partial charge in [-0.15, -0.1) is 0 Å². The van der Waals surface area contributed by atoms with E-state index in [0.29, 0.717) is 23.5 Å². The van der Waals surface area contributed by atoms with Gasteiger partial charge in [-0.1, -0.05) is 133 Å². The number of nitrogens with zero attached hydrogens (tertiary/aromatic N) is 6. The summed E-state index contributed by atoms with van der Waals surface area (Å²) in [6.07, 6.45) is 18.2. The van der Waals surface area contributed by atoms with Crippen LogP contribution in [0.2, 0.25) is 5.02 Å². The van der Waals surface area contributed by atoms with Gasteiger partial charge in [0.1, 0.15) is 66.4 Å². The van der Waals surface area contributed by atoms with Crippen LogP contribution in [0.3, 0.4) is 0 Å². The van der Waals surface area contributed by atoms with Crippen molar-refractivity contribution in [3.8, 4) is 17.9 Å². The van der Waals surface area contributed by atoms with Crippen molar-refractivity contribution in [3.05, 3.63) is 83.0 Å². The second-order valence-corrected chi connectivity index (χ2v) is 19.7. The highest BCUT2D eigenvalue weighted by molar-refractivity contribution is 7.49. The lowest BCUT2D eigenvalue weighted by Gasteiger charge is -2.30. The first kappa shape index (κ1) is 52.2. The van der Waals surface area contributed by atoms with Crippen LogP contribution in [0, 0.1) is 22.7 Å². The Balaban J connectivity index is 1.06. The Hall–Kier alpha value is -4.19. The van der Waals surface area contributed by atoms with Gasteiger partial charge in [0, 0.05) is 6.61 Å². The van der Waals surface area contributed by atoms with Crippen molar-refractivity contribution in [1.82, 2.24) is 19.6 Å². The second-order valence-electron chi connectivity index (χ2n) is 17.7. The molecule has 1 unspecified atom stereocenters. The molecule has 1 aromatic carbocycles. The number of phosphoric acid groups is 1. The minimum absolute atomic E-state index is 0.0104. The summed E-state index contributed by atoms with van der Waals surface area (Å²) in [5.74, 6) is -0.841. The van der Waals surface area contributed by atoms with Gasteiger partial charge in [0.15, 0.2) is 11.6 Å². The minimum Gasteiger partial charge on any atom is -0.402 e. The van der Waals surface area contributed by atoms with Gasteiger partial charge in [-0.3, -0.25) is 9.05 Å². The normalized spacial score (nSPS) is 21.1. The largest absolute Gasteiger partial charge is 0.530 e. The number of unbranched alkanes of at least 4 members (excludes halogenated alkanes) is 15. The predicted molar refractivity (Wildman–Crippen MR) is 253 cm³/mol. The number of nitrogen functional groups attached to an aromatic ring is 1. The molecule has 0 spiro atoms. The number of ether oxygens (including phenoxy) is 5. The lowest BCUT2D eigenvalue weighted by Crippen LogP contribution is -2.46. The predicted octanol–water partition coefficient (Wildman–Crippen LogP) is 11.2. The Morgan fingerprint density at radius 1 is 0.851 bits per heavy atom. The average Bonchev–Trinajstić information content (AvgIpc) is 3.99. The van der Waals surface area contributed by atoms with Crippen molar-refractivity contribution in [2.45, 2.75) is 166 Å². The zero-order valence-electron chi connectivity index (χ0n) is 39.2. The van der Waals surface area contributed by atoms with E-state index in [1.54, 1.807) is 66.9 Å². The Bertz CT molecular complexity index is 2290. The minimum atomic E-state index is -4.66. The van der Waals surface area contributed by atoms with Crippen LogP contribution in [-0.2, 0) is 43.9 Å². The van der Waals surface area contributed by atoms with Crippen LogP contribution in [0.4, 0.5) is 5.82 Å². The van der Waals surface area contributed by atoms with Crippen LogP contribution in [0.15, 0.2) is 60.9 Å². The summed E-state index contributed by atoms with van der Waals surface area (Å²) in [6, 6.07) is 19.3. The van der Waals surface area contributed by atoms with E-state index in [0.717, 1.165) is 19.3 Å². The van der Waals surface area contributed by atoms with E-state index in [-0.39, 0.29) is 42.1 Å². The molecule has 4 aromatic rings. The molecule has 16 nitrogen and oxygen atoms in total. The number of nitriles is 2. The second kappa shape index (κ2) is 26.0. The van der Waals surface area contributed by atoms with Gasteiger partial charge in [-0.2, -0.15) is 15.6 Å². The summed E-state index contributed by atoms with van der Waals surface area (Å²) < 4.78 is 65.9. The number of nitrogens with two attached hydrogens (primary N) is 1. The molecule has 67 heavy (non-hydrogen) atoms. The van der Waals surface area contributed by atoms with E-state index in [2.05, 4.69) is 28.1 Å². The van der Waals surface area contributed by atoms with Crippen LogP contribution in [0.25, 0.3) is 5.52 Å². The first-order valence-corrected chi connectivity index (χ1v) is 25.7. The topological polar surface area (TPSA) is 208 Å². The van der Waals surface area contributed by atoms with Gasteiger partial charge >= 0.3 is 7.82 Å². The summed E-state index contributed by atoms with van der Waals surface area (Å²) in [4.78, 5) is 8.40. The number of fused-ring (bicyclic) bond motifs is 2. The summed E-state index contributed by atoms with van der Waals surface area (Å²) >= 11 is 6.48. The van der Waals surface area contributed by atoms with Crippen molar-refractivity contribution in [2.24, 2.45) is 0 Å². The maximum absolute atomic E-state index is 14.9. The Kier molecular flexibility index (Phi) is 20.2. The molecule has 3 aromatic heterocycles. The van der Waals surface area contributed by atoms with E-state index in [9.17, 15) is 15.1 Å². The molecule has 0 aliphatic carbocycles. The van der Waals surface area contributed by atoms with E-state index in [1.165, 1.54) is 95.9 Å². The number of hydrogen-bond acceptors (Lipinski definition) is 15. The molecule has 6 atom stereocenters. The fourth-order valence-electron chi connectivity index (χ4n) is 8.40. The smallest absolute Gasteiger partial charge is 0.402 e. The van der Waals surface area contributed by atoms with Gasteiger partial charge in [0.25, 0.3) is 0 Å². The zero-order chi connectivity index (χ0) is 47.5. The molecule has 6 rings (SSSR count). The van der Waals surface area contributed by atoms with Crippen LogP contribution in [0.1, 0.15) is 147 Å². The number of pyridine rings is 1. The summed E-state index contributed by atoms with van der Waals surface area (Å²) in [5.41, 5.74) is 6.07. The summed E-state index contributed by atoms with van der Waals surface area (Å²) in [5, 5.41) is 24.8. The van der Waals surface area contributed by atoms with Gasteiger partial charge < -0.3 is 33.9 Å². The molecule has 0 amide bonds. The fourth-order valence-corrected chi connectivity index (χ4v) is 9.91. The first-order valence-electron chi connectivity index (χ1n) is 23.9. The molecule has 0 bridgehead atoms. The Morgan fingerprint density at radius 2 is 1.54 bits per heavy atom. The maximum atomic E-state index is 14.9. The summed E-state index contributed by atoms with van der Waals surface area (Å²) in [7, 11) is -4.66. The number of aromatic nitrogens is 4. The molecule has 18 heteroatoms. The van der Waals surface area contributed by atoms with Crippen LogP contribution < -0.4 is 10.3 Å². The fraction of sp³-hybridized carbons (Fsp3) is 0.612. The molecule has 2 N–H and O–H groups in total. The molecule has 0 radical (unpaired) electrons. The highest BCUT2D eigenvalue weighted by Gasteiger charge is 2.65. The molecule has 2 fully saturated rings. The molecule has 0 saturated carbocycles. The number of hydrogen-bond donors (Lipinski definition) is 1. The van der Waals surface area contributed by atoms with Gasteiger partial charge in [-0.05, 0) is 56.7 Å². The number of halogens is 1. The molecular weight excluding hydrogens is 897 g/mol. The number of phosphoric ester groups is 1. The number of rotatable bonds is 31. The van der Waals surface area contributed by atoms with Crippen LogP contribution in [-0.4, -0.2) is 75.7 Å². The van der Waals surface area contributed by atoms with Gasteiger partial charge in [0.2, 0.25) is 5.60 Å². The van der Waals surface area contributed by atoms with E-state index in [1.807, 2.05) is 6.07 Å². The highest BCUT2D eigenvalue weighted by Crippen LogP contribution is 2.55. The van der Waals surface area contributed by atoms with Crippen LogP contribution >= 0.6 is 19.4 Å². The van der Waals surface area contributed by atoms with Crippen LogP contribution in [0.5, 0.6) is 5.75 Å². The third-order valence-corrected chi connectivity index (χ3v) is 13.6. The quantitative estimate of drug-likeness (QED) is 0.0367. The standard InChI is InChI=1S/C49H67ClN7O9P/c1-4-5-6-7-8-9-10-11-12-13-14-15-16-17-18-21-29-59-32-39(60-31-38-24-22-23-37(30-51)56-38)33-61-67(58,66-43-26-20-19-25-40(43)50)62-35-49(34-52)46-45(63-48(2,3)65-46)44(64-49)41-27-28-42-47(53)54-36-55-57(41)42/h19-20,22-28,36,39,44-46H,4-18,21,29,31-33,35H2,1-3H3,(H2,53,54,55)/t39-,44+,45+,46+,49-,67?/m1/s1. The molecule has 2 saturated heterocycles. The van der Waals surface area contributed by atoms with Crippen molar-refractivity contribution < 1.29 is 41.8 Å². The lowest BCUT2D eigenvalue weighted by atomic mass is 9.96. The average molecular weight is 965 g/mol. The van der Waals surface area contributed by atoms with Crippen molar-refractivity contribution in [2.75, 3.05) is 32.2 Å². The first-order chi connectivity index (χ1) is 32.5. The SMILES string of the molecule is CCCCCCCCCCCCCCCCCCOC[C@H](COP(=O)(OC[C@@]1(C#N)O[C@@H](c2ccc3c(N)ncnn23)[C@@H]2OC(C)(C)O[C@@H]21)Oc1ccccc1Cl)OCc1cccc(C#N)n1. The molecule has 2 aliphatic rings. The van der Waals surface area contributed by atoms with E-state index >= 15 is 0 Å². The maximum Gasteiger partial charge on any atom is 0.530 e. The lowest BCUT2D eigenvalue weighted by molar-refractivity contribution is -0.204. The zero-order valence-corrected chi connectivity index (χ0v) is 40.8. The number of anilines is 1. The summed E-state index contributed by atoms with van der Waals surface area (Å²) in [6.45, 7) is 5.35. The van der Waals surface area contributed by atoms with Gasteiger partial charge in [0.05, 0.1) is 36.2 Å². The number of para-hydroxylation sites is 1. The molecule has 5 heterocycles. The molecule has 2 aliphatic heterocycles. The van der Waals surface area contributed by atoms with E-state index < -0.39 is 50.2 Å². The Morgan fingerprint density at radius 3 is 2.21 bits per heavy atom. The molecule has 364 valence electrons. The van der Waals surface area contributed by atoms with Crippen molar-refractivity contribution in [1.29, 1.82) is 10.5 Å². The van der Waals surface area contributed by atoms with Crippen molar-refractivity contribution in [3.63, 3.8) is 0 Å². The third-order valence-electron chi connectivity index (χ3n) is 12.0. The molecular formula is C49H67ClN7O9P. The Labute approximate surface area is 400 Å². The monoisotopic (exact) mass is 963 g/mol. The highest BCUT2D eigenvalue weighted by atomic mass is 35.5. The van der Waals surface area contributed by atoms with E-state index in [4.69, 9.17) is 54.6 Å². The van der Waals surface area contributed by atoms with Crippen molar-refractivity contribution >= 4 is 30.8 Å².